The molecular weight excluding hydrogens is 239 g/mol. The van der Waals surface area contributed by atoms with Crippen LogP contribution in [-0.2, 0) is 12.6 Å². The Morgan fingerprint density at radius 3 is 2.53 bits per heavy atom. The first kappa shape index (κ1) is 12.7. The lowest BCUT2D eigenvalue weighted by molar-refractivity contribution is 0.293. The van der Waals surface area contributed by atoms with Gasteiger partial charge in [0, 0.05) is 34.7 Å². The zero-order chi connectivity index (χ0) is 13.6. The molecule has 0 unspecified atom stereocenters. The van der Waals surface area contributed by atoms with Crippen LogP contribution in [0.4, 0.5) is 4.39 Å². The zero-order valence-electron chi connectivity index (χ0n) is 11.7. The van der Waals surface area contributed by atoms with E-state index in [4.69, 9.17) is 5.73 Å². The highest BCUT2D eigenvalue weighted by molar-refractivity contribution is 5.82. The summed E-state index contributed by atoms with van der Waals surface area (Å²) in [4.78, 5) is 0. The summed E-state index contributed by atoms with van der Waals surface area (Å²) in [5.74, 6) is -0.150. The summed E-state index contributed by atoms with van der Waals surface area (Å²) in [7, 11) is 2.02. The van der Waals surface area contributed by atoms with Gasteiger partial charge in [0.15, 0.2) is 0 Å². The van der Waals surface area contributed by atoms with Crippen molar-refractivity contribution in [1.29, 1.82) is 0 Å². The normalized spacial score (nSPS) is 18.9. The van der Waals surface area contributed by atoms with Crippen molar-refractivity contribution in [3.8, 4) is 0 Å². The first-order valence-electron chi connectivity index (χ1n) is 7.06. The Balaban J connectivity index is 2.17. The highest BCUT2D eigenvalue weighted by Crippen LogP contribution is 2.37. The number of aryl methyl sites for hydroxylation is 2. The van der Waals surface area contributed by atoms with Gasteiger partial charge < -0.3 is 10.3 Å². The topological polar surface area (TPSA) is 30.9 Å². The molecule has 0 saturated heterocycles. The van der Waals surface area contributed by atoms with Gasteiger partial charge in [-0.2, -0.15) is 0 Å². The maximum atomic E-state index is 14.4. The van der Waals surface area contributed by atoms with Gasteiger partial charge in [0.05, 0.1) is 0 Å². The smallest absolute Gasteiger partial charge is 0.129 e. The molecular formula is C16H21FN2. The summed E-state index contributed by atoms with van der Waals surface area (Å²) in [5.41, 5.74) is 8.91. The van der Waals surface area contributed by atoms with Gasteiger partial charge in [0.1, 0.15) is 5.82 Å². The predicted molar refractivity (Wildman–Crippen MR) is 76.6 cm³/mol. The molecule has 1 heterocycles. The second-order valence-electron chi connectivity index (χ2n) is 5.95. The number of nitrogens with two attached hydrogens (primary N) is 1. The number of halogens is 1. The third-order valence-corrected chi connectivity index (χ3v) is 4.65. The standard InChI is InChI=1S/C16H21FN2/c1-11-8-12-9-14(17)13(10-15(12)19(11)2)16(18)6-4-3-5-7-16/h8-10H,3-7,18H2,1-2H3. The van der Waals surface area contributed by atoms with Crippen molar-refractivity contribution in [2.45, 2.75) is 44.6 Å². The maximum Gasteiger partial charge on any atom is 0.129 e. The molecule has 2 aromatic rings. The summed E-state index contributed by atoms with van der Waals surface area (Å²) >= 11 is 0. The number of fused-ring (bicyclic) bond motifs is 1. The van der Waals surface area contributed by atoms with Crippen molar-refractivity contribution in [1.82, 2.24) is 4.57 Å². The number of benzene rings is 1. The molecule has 0 atom stereocenters. The summed E-state index contributed by atoms with van der Waals surface area (Å²) in [6.45, 7) is 2.04. The average molecular weight is 260 g/mol. The predicted octanol–water partition coefficient (Wildman–Crippen LogP) is 3.74. The fraction of sp³-hybridized carbons (Fsp3) is 0.500. The minimum Gasteiger partial charge on any atom is -0.348 e. The molecule has 1 aliphatic carbocycles. The van der Waals surface area contributed by atoms with Crippen molar-refractivity contribution in [3.63, 3.8) is 0 Å². The van der Waals surface area contributed by atoms with Crippen molar-refractivity contribution >= 4 is 10.9 Å². The fourth-order valence-electron chi connectivity index (χ4n) is 3.33. The van der Waals surface area contributed by atoms with Crippen LogP contribution in [0.25, 0.3) is 10.9 Å². The Labute approximate surface area is 113 Å². The molecule has 0 aliphatic heterocycles. The van der Waals surface area contributed by atoms with Crippen molar-refractivity contribution in [2.24, 2.45) is 12.8 Å². The summed E-state index contributed by atoms with van der Waals surface area (Å²) in [6, 6.07) is 5.62. The van der Waals surface area contributed by atoms with Crippen LogP contribution in [-0.4, -0.2) is 4.57 Å². The summed E-state index contributed by atoms with van der Waals surface area (Å²) in [6.07, 6.45) is 5.18. The van der Waals surface area contributed by atoms with Gasteiger partial charge in [-0.25, -0.2) is 4.39 Å². The highest BCUT2D eigenvalue weighted by atomic mass is 19.1. The highest BCUT2D eigenvalue weighted by Gasteiger charge is 2.32. The van der Waals surface area contributed by atoms with E-state index in [-0.39, 0.29) is 5.82 Å². The maximum absolute atomic E-state index is 14.4. The summed E-state index contributed by atoms with van der Waals surface area (Å²) < 4.78 is 16.5. The second-order valence-corrected chi connectivity index (χ2v) is 5.95. The monoisotopic (exact) mass is 260 g/mol. The molecule has 1 aliphatic rings. The molecule has 0 amide bonds. The van der Waals surface area contributed by atoms with E-state index in [0.29, 0.717) is 5.56 Å². The molecule has 1 saturated carbocycles. The second kappa shape index (κ2) is 4.34. The molecule has 3 heteroatoms. The van der Waals surface area contributed by atoms with E-state index >= 15 is 0 Å². The first-order valence-corrected chi connectivity index (χ1v) is 7.06. The van der Waals surface area contributed by atoms with E-state index in [1.165, 1.54) is 6.42 Å². The van der Waals surface area contributed by atoms with Crippen molar-refractivity contribution < 1.29 is 4.39 Å². The minimum absolute atomic E-state index is 0.150. The molecule has 1 aromatic carbocycles. The van der Waals surface area contributed by atoms with Crippen LogP contribution in [0, 0.1) is 12.7 Å². The van der Waals surface area contributed by atoms with E-state index in [1.54, 1.807) is 6.07 Å². The van der Waals surface area contributed by atoms with Gasteiger partial charge in [-0.15, -0.1) is 0 Å². The van der Waals surface area contributed by atoms with Gasteiger partial charge in [-0.1, -0.05) is 19.3 Å². The Bertz CT molecular complexity index is 621. The molecule has 1 aromatic heterocycles. The lowest BCUT2D eigenvalue weighted by atomic mass is 9.77. The molecule has 102 valence electrons. The van der Waals surface area contributed by atoms with E-state index in [9.17, 15) is 4.39 Å². The third kappa shape index (κ3) is 1.96. The molecule has 19 heavy (non-hydrogen) atoms. The summed E-state index contributed by atoms with van der Waals surface area (Å²) in [5, 5.41) is 0.959. The quantitative estimate of drug-likeness (QED) is 0.832. The van der Waals surface area contributed by atoms with E-state index in [2.05, 4.69) is 4.57 Å². The Morgan fingerprint density at radius 2 is 1.84 bits per heavy atom. The van der Waals surface area contributed by atoms with Gasteiger partial charge in [0.2, 0.25) is 0 Å². The van der Waals surface area contributed by atoms with Crippen LogP contribution in [0.3, 0.4) is 0 Å². The number of rotatable bonds is 1. The third-order valence-electron chi connectivity index (χ3n) is 4.65. The Hall–Kier alpha value is -1.35. The Kier molecular flexibility index (Phi) is 2.90. The van der Waals surface area contributed by atoms with E-state index in [1.807, 2.05) is 26.1 Å². The van der Waals surface area contributed by atoms with E-state index in [0.717, 1.165) is 42.3 Å². The average Bonchev–Trinajstić information content (AvgIpc) is 2.64. The minimum atomic E-state index is -0.477. The fourth-order valence-corrected chi connectivity index (χ4v) is 3.33. The van der Waals surface area contributed by atoms with Gasteiger partial charge in [-0.3, -0.25) is 0 Å². The molecule has 0 spiro atoms. The van der Waals surface area contributed by atoms with Crippen molar-refractivity contribution in [3.05, 3.63) is 35.3 Å². The van der Waals surface area contributed by atoms with Gasteiger partial charge >= 0.3 is 0 Å². The Morgan fingerprint density at radius 1 is 1.16 bits per heavy atom. The number of nitrogens with zero attached hydrogens (tertiary/aromatic N) is 1. The molecule has 3 rings (SSSR count). The first-order chi connectivity index (χ1) is 9.01. The van der Waals surface area contributed by atoms with Crippen LogP contribution in [0.15, 0.2) is 18.2 Å². The molecule has 0 bridgehead atoms. The van der Waals surface area contributed by atoms with Crippen LogP contribution in [0.2, 0.25) is 0 Å². The molecule has 0 radical (unpaired) electrons. The van der Waals surface area contributed by atoms with Crippen LogP contribution < -0.4 is 5.73 Å². The van der Waals surface area contributed by atoms with Gasteiger partial charge in [0.25, 0.3) is 0 Å². The van der Waals surface area contributed by atoms with Crippen LogP contribution >= 0.6 is 0 Å². The SMILES string of the molecule is Cc1cc2cc(F)c(C3(N)CCCCC3)cc2n1C. The van der Waals surface area contributed by atoms with Crippen molar-refractivity contribution in [2.75, 3.05) is 0 Å². The van der Waals surface area contributed by atoms with E-state index < -0.39 is 5.54 Å². The lowest BCUT2D eigenvalue weighted by Gasteiger charge is -2.34. The largest absolute Gasteiger partial charge is 0.348 e. The lowest BCUT2D eigenvalue weighted by Crippen LogP contribution is -2.39. The molecule has 2 nitrogen and oxygen atoms in total. The van der Waals surface area contributed by atoms with Gasteiger partial charge in [-0.05, 0) is 38.0 Å². The molecule has 2 N–H and O–H groups in total. The molecule has 1 fully saturated rings. The van der Waals surface area contributed by atoms with Crippen LogP contribution in [0.1, 0.15) is 43.4 Å². The number of hydrogen-bond donors (Lipinski definition) is 1. The zero-order valence-corrected chi connectivity index (χ0v) is 11.7. The number of hydrogen-bond acceptors (Lipinski definition) is 1. The van der Waals surface area contributed by atoms with Crippen LogP contribution in [0.5, 0.6) is 0 Å². The number of aromatic nitrogens is 1.